The zero-order valence-electron chi connectivity index (χ0n) is 14.5. The summed E-state index contributed by atoms with van der Waals surface area (Å²) in [5.74, 6) is -0.333. The highest BCUT2D eigenvalue weighted by atomic mass is 35.5. The molecular formula is C19H21ClN2O3S. The van der Waals surface area contributed by atoms with E-state index >= 15 is 0 Å². The first-order valence-electron chi connectivity index (χ1n) is 8.51. The van der Waals surface area contributed by atoms with Crippen molar-refractivity contribution in [3.8, 4) is 0 Å². The fourth-order valence-corrected chi connectivity index (χ4v) is 4.92. The molecule has 1 aliphatic heterocycles. The molecule has 0 aromatic heterocycles. The number of aryl methyl sites for hydroxylation is 1. The molecule has 5 nitrogen and oxygen atoms in total. The van der Waals surface area contributed by atoms with Crippen LogP contribution in [0, 0.1) is 6.92 Å². The van der Waals surface area contributed by atoms with Crippen molar-refractivity contribution in [3.63, 3.8) is 0 Å². The van der Waals surface area contributed by atoms with E-state index in [0.29, 0.717) is 19.6 Å². The molecule has 7 heteroatoms. The van der Waals surface area contributed by atoms with Crippen LogP contribution in [-0.4, -0.2) is 31.7 Å². The molecular weight excluding hydrogens is 372 g/mol. The van der Waals surface area contributed by atoms with Gasteiger partial charge in [0.1, 0.15) is 4.90 Å². The summed E-state index contributed by atoms with van der Waals surface area (Å²) in [6, 6.07) is 12.2. The van der Waals surface area contributed by atoms with E-state index in [0.717, 1.165) is 24.0 Å². The Morgan fingerprint density at radius 1 is 1.12 bits per heavy atom. The third kappa shape index (κ3) is 4.09. The Bertz CT molecular complexity index is 905. The maximum atomic E-state index is 12.8. The number of hydrogen-bond donors (Lipinski definition) is 1. The van der Waals surface area contributed by atoms with Crippen LogP contribution in [-0.2, 0) is 16.6 Å². The summed E-state index contributed by atoms with van der Waals surface area (Å²) in [4.78, 5) is 12.4. The van der Waals surface area contributed by atoms with Crippen molar-refractivity contribution < 1.29 is 13.2 Å². The molecule has 0 unspecified atom stereocenters. The summed E-state index contributed by atoms with van der Waals surface area (Å²) < 4.78 is 26.9. The number of halogens is 1. The van der Waals surface area contributed by atoms with Gasteiger partial charge >= 0.3 is 0 Å². The normalized spacial score (nSPS) is 15.2. The van der Waals surface area contributed by atoms with Crippen molar-refractivity contribution in [3.05, 3.63) is 64.2 Å². The maximum Gasteiger partial charge on any atom is 0.251 e. The lowest BCUT2D eigenvalue weighted by Crippen LogP contribution is -2.29. The molecule has 1 aliphatic rings. The van der Waals surface area contributed by atoms with Crippen molar-refractivity contribution in [1.29, 1.82) is 0 Å². The molecule has 2 aromatic rings. The highest BCUT2D eigenvalue weighted by Gasteiger charge is 2.29. The minimum atomic E-state index is -3.68. The van der Waals surface area contributed by atoms with Gasteiger partial charge in [0, 0.05) is 25.2 Å². The molecule has 1 N–H and O–H groups in total. The predicted molar refractivity (Wildman–Crippen MR) is 102 cm³/mol. The van der Waals surface area contributed by atoms with Crippen molar-refractivity contribution in [2.75, 3.05) is 13.1 Å². The molecule has 0 radical (unpaired) electrons. The molecule has 1 amide bonds. The number of carbonyl (C=O) groups excluding carboxylic acids is 1. The van der Waals surface area contributed by atoms with Crippen LogP contribution >= 0.6 is 11.6 Å². The lowest BCUT2D eigenvalue weighted by molar-refractivity contribution is 0.0950. The molecule has 1 saturated heterocycles. The largest absolute Gasteiger partial charge is 0.348 e. The molecule has 0 atom stereocenters. The molecule has 0 spiro atoms. The first-order chi connectivity index (χ1) is 12.4. The topological polar surface area (TPSA) is 66.5 Å². The Hall–Kier alpha value is -1.89. The average molecular weight is 393 g/mol. The van der Waals surface area contributed by atoms with E-state index in [1.165, 1.54) is 22.5 Å². The van der Waals surface area contributed by atoms with E-state index < -0.39 is 10.0 Å². The maximum absolute atomic E-state index is 12.8. The molecule has 1 heterocycles. The van der Waals surface area contributed by atoms with Gasteiger partial charge in [-0.25, -0.2) is 8.42 Å². The standard InChI is InChI=1S/C19H21ClN2O3S/c1-14-4-6-15(7-5-14)13-21-19(23)16-8-9-17(20)18(12-16)26(24,25)22-10-2-3-11-22/h4-9,12H,2-3,10-11,13H2,1H3,(H,21,23). The average Bonchev–Trinajstić information content (AvgIpc) is 3.17. The predicted octanol–water partition coefficient (Wildman–Crippen LogP) is 3.36. The zero-order chi connectivity index (χ0) is 18.7. The Morgan fingerprint density at radius 3 is 2.42 bits per heavy atom. The second kappa shape index (κ2) is 7.78. The van der Waals surface area contributed by atoms with Crippen LogP contribution in [0.5, 0.6) is 0 Å². The summed E-state index contributed by atoms with van der Waals surface area (Å²) in [6.45, 7) is 3.35. The Kier molecular flexibility index (Phi) is 5.65. The summed E-state index contributed by atoms with van der Waals surface area (Å²) >= 11 is 6.11. The Balaban J connectivity index is 1.78. The minimum absolute atomic E-state index is 0.0101. The van der Waals surface area contributed by atoms with Crippen LogP contribution in [0.15, 0.2) is 47.4 Å². The van der Waals surface area contributed by atoms with Crippen molar-refractivity contribution in [2.24, 2.45) is 0 Å². The van der Waals surface area contributed by atoms with Crippen molar-refractivity contribution in [1.82, 2.24) is 9.62 Å². The van der Waals surface area contributed by atoms with E-state index in [-0.39, 0.29) is 21.4 Å². The van der Waals surface area contributed by atoms with Crippen LogP contribution in [0.3, 0.4) is 0 Å². The van der Waals surface area contributed by atoms with Gasteiger partial charge in [0.15, 0.2) is 0 Å². The summed E-state index contributed by atoms with van der Waals surface area (Å²) in [5.41, 5.74) is 2.40. The van der Waals surface area contributed by atoms with Gasteiger partial charge in [0.2, 0.25) is 10.0 Å². The Labute approximate surface area is 159 Å². The lowest BCUT2D eigenvalue weighted by Gasteiger charge is -2.17. The number of benzene rings is 2. The van der Waals surface area contributed by atoms with Crippen molar-refractivity contribution >= 4 is 27.5 Å². The third-order valence-corrected chi connectivity index (χ3v) is 6.83. The van der Waals surface area contributed by atoms with E-state index in [9.17, 15) is 13.2 Å². The van der Waals surface area contributed by atoms with Gasteiger partial charge in [-0.15, -0.1) is 0 Å². The first kappa shape index (κ1) is 18.9. The quantitative estimate of drug-likeness (QED) is 0.848. The molecule has 0 bridgehead atoms. The SMILES string of the molecule is Cc1ccc(CNC(=O)c2ccc(Cl)c(S(=O)(=O)N3CCCC3)c2)cc1. The molecule has 0 saturated carbocycles. The van der Waals surface area contributed by atoms with Crippen LogP contribution in [0.4, 0.5) is 0 Å². The van der Waals surface area contributed by atoms with E-state index in [2.05, 4.69) is 5.32 Å². The van der Waals surface area contributed by atoms with Crippen LogP contribution in [0.1, 0.15) is 34.3 Å². The van der Waals surface area contributed by atoms with E-state index in [1.54, 1.807) is 0 Å². The summed E-state index contributed by atoms with van der Waals surface area (Å²) in [5, 5.41) is 2.94. The number of sulfonamides is 1. The number of carbonyl (C=O) groups is 1. The molecule has 138 valence electrons. The number of rotatable bonds is 5. The van der Waals surface area contributed by atoms with E-state index in [4.69, 9.17) is 11.6 Å². The van der Waals surface area contributed by atoms with Gasteiger partial charge in [-0.05, 0) is 43.5 Å². The van der Waals surface area contributed by atoms with Gasteiger partial charge < -0.3 is 5.32 Å². The van der Waals surface area contributed by atoms with Gasteiger partial charge in [-0.3, -0.25) is 4.79 Å². The second-order valence-corrected chi connectivity index (χ2v) is 8.74. The number of nitrogens with one attached hydrogen (secondary N) is 1. The van der Waals surface area contributed by atoms with Gasteiger partial charge in [0.05, 0.1) is 5.02 Å². The lowest BCUT2D eigenvalue weighted by atomic mass is 10.1. The highest BCUT2D eigenvalue weighted by molar-refractivity contribution is 7.89. The second-order valence-electron chi connectivity index (χ2n) is 6.42. The van der Waals surface area contributed by atoms with Gasteiger partial charge in [0.25, 0.3) is 5.91 Å². The van der Waals surface area contributed by atoms with Crippen LogP contribution < -0.4 is 5.32 Å². The fourth-order valence-electron chi connectivity index (χ4n) is 2.90. The van der Waals surface area contributed by atoms with Crippen molar-refractivity contribution in [2.45, 2.75) is 31.2 Å². The third-order valence-electron chi connectivity index (χ3n) is 4.45. The monoisotopic (exact) mass is 392 g/mol. The zero-order valence-corrected chi connectivity index (χ0v) is 16.1. The van der Waals surface area contributed by atoms with Gasteiger partial charge in [-0.2, -0.15) is 4.31 Å². The van der Waals surface area contributed by atoms with E-state index in [1.807, 2.05) is 31.2 Å². The molecule has 26 heavy (non-hydrogen) atoms. The molecule has 3 rings (SSSR count). The number of hydrogen-bond acceptors (Lipinski definition) is 3. The summed E-state index contributed by atoms with van der Waals surface area (Å²) in [6.07, 6.45) is 1.68. The van der Waals surface area contributed by atoms with Crippen LogP contribution in [0.25, 0.3) is 0 Å². The highest BCUT2D eigenvalue weighted by Crippen LogP contribution is 2.28. The fraction of sp³-hybridized carbons (Fsp3) is 0.316. The molecule has 0 aliphatic carbocycles. The molecule has 2 aromatic carbocycles. The number of amides is 1. The van der Waals surface area contributed by atoms with Crippen LogP contribution in [0.2, 0.25) is 5.02 Å². The summed E-state index contributed by atoms with van der Waals surface area (Å²) in [7, 11) is -3.68. The number of nitrogens with zero attached hydrogens (tertiary/aromatic N) is 1. The smallest absolute Gasteiger partial charge is 0.251 e. The van der Waals surface area contributed by atoms with Gasteiger partial charge in [-0.1, -0.05) is 41.4 Å². The molecule has 1 fully saturated rings. The first-order valence-corrected chi connectivity index (χ1v) is 10.3. The minimum Gasteiger partial charge on any atom is -0.348 e. The Morgan fingerprint density at radius 2 is 1.77 bits per heavy atom.